The molecule has 2 unspecified atom stereocenters. The Labute approximate surface area is 92.8 Å². The fourth-order valence-electron chi connectivity index (χ4n) is 2.63. The molecule has 1 saturated heterocycles. The molecule has 88 valence electrons. The van der Waals surface area contributed by atoms with Crippen LogP contribution in [0.25, 0.3) is 0 Å². The Bertz CT molecular complexity index is 194. The van der Waals surface area contributed by atoms with Gasteiger partial charge in [-0.15, -0.1) is 0 Å². The molecular weight excluding hydrogens is 188 g/mol. The van der Waals surface area contributed by atoms with E-state index in [0.29, 0.717) is 12.6 Å². The van der Waals surface area contributed by atoms with Crippen LogP contribution in [-0.2, 0) is 0 Å². The number of hydrogen-bond donors (Lipinski definition) is 2. The van der Waals surface area contributed by atoms with E-state index in [9.17, 15) is 0 Å². The number of β-amino-alcohol motifs (C(OH)–C–C–N with tert-alkyl or cyclic N) is 1. The zero-order valence-electron chi connectivity index (χ0n) is 9.78. The van der Waals surface area contributed by atoms with Gasteiger partial charge in [0.15, 0.2) is 0 Å². The van der Waals surface area contributed by atoms with E-state index < -0.39 is 0 Å². The first kappa shape index (κ1) is 11.4. The fraction of sp³-hybridized carbons (Fsp3) is 1.00. The Kier molecular flexibility index (Phi) is 4.00. The van der Waals surface area contributed by atoms with E-state index in [0.717, 1.165) is 25.0 Å². The second kappa shape index (κ2) is 5.28. The van der Waals surface area contributed by atoms with E-state index in [4.69, 9.17) is 5.11 Å². The molecule has 1 aliphatic heterocycles. The number of piperidine rings is 1. The van der Waals surface area contributed by atoms with Crippen molar-refractivity contribution in [2.75, 3.05) is 26.2 Å². The number of hydrogen-bond acceptors (Lipinski definition) is 3. The summed E-state index contributed by atoms with van der Waals surface area (Å²) in [5.41, 5.74) is 0. The van der Waals surface area contributed by atoms with Crippen LogP contribution in [-0.4, -0.2) is 48.3 Å². The molecule has 15 heavy (non-hydrogen) atoms. The van der Waals surface area contributed by atoms with Gasteiger partial charge in [-0.3, -0.25) is 4.90 Å². The Balaban J connectivity index is 1.81. The lowest BCUT2D eigenvalue weighted by molar-refractivity contribution is 0.114. The second-order valence-corrected chi connectivity index (χ2v) is 5.13. The van der Waals surface area contributed by atoms with Crippen molar-refractivity contribution >= 4 is 0 Å². The molecule has 0 spiro atoms. The molecule has 3 heteroatoms. The topological polar surface area (TPSA) is 35.5 Å². The second-order valence-electron chi connectivity index (χ2n) is 5.13. The quantitative estimate of drug-likeness (QED) is 0.708. The van der Waals surface area contributed by atoms with Crippen molar-refractivity contribution < 1.29 is 5.11 Å². The van der Waals surface area contributed by atoms with Crippen molar-refractivity contribution in [3.05, 3.63) is 0 Å². The first-order chi connectivity index (χ1) is 7.31. The predicted molar refractivity (Wildman–Crippen MR) is 61.9 cm³/mol. The highest BCUT2D eigenvalue weighted by Gasteiger charge is 2.30. The third-order valence-electron chi connectivity index (χ3n) is 3.66. The molecule has 1 heterocycles. The molecule has 3 nitrogen and oxygen atoms in total. The monoisotopic (exact) mass is 212 g/mol. The van der Waals surface area contributed by atoms with Gasteiger partial charge in [-0.2, -0.15) is 0 Å². The number of likely N-dealkylation sites (tertiary alicyclic amines) is 1. The summed E-state index contributed by atoms with van der Waals surface area (Å²) in [4.78, 5) is 2.41. The lowest BCUT2D eigenvalue weighted by Gasteiger charge is -2.37. The first-order valence-corrected chi connectivity index (χ1v) is 6.41. The van der Waals surface area contributed by atoms with E-state index in [1.165, 1.54) is 32.2 Å². The predicted octanol–water partition coefficient (Wildman–Crippen LogP) is 0.831. The van der Waals surface area contributed by atoms with Gasteiger partial charge in [-0.05, 0) is 25.2 Å². The number of nitrogens with zero attached hydrogens (tertiary/aromatic N) is 1. The van der Waals surface area contributed by atoms with Crippen LogP contribution < -0.4 is 5.32 Å². The zero-order chi connectivity index (χ0) is 10.7. The van der Waals surface area contributed by atoms with E-state index in [1.807, 2.05) is 0 Å². The van der Waals surface area contributed by atoms with Gasteiger partial charge in [0.05, 0.1) is 6.61 Å². The van der Waals surface area contributed by atoms with E-state index in [1.54, 1.807) is 0 Å². The number of aliphatic hydroxyl groups excluding tert-OH is 1. The number of rotatable bonds is 5. The normalized spacial score (nSPS) is 33.2. The Morgan fingerprint density at radius 2 is 2.07 bits per heavy atom. The van der Waals surface area contributed by atoms with Gasteiger partial charge >= 0.3 is 0 Å². The summed E-state index contributed by atoms with van der Waals surface area (Å²) in [6.07, 6.45) is 5.33. The molecule has 2 atom stereocenters. The van der Waals surface area contributed by atoms with E-state index in [2.05, 4.69) is 17.1 Å². The van der Waals surface area contributed by atoms with Crippen molar-refractivity contribution in [2.45, 2.75) is 44.7 Å². The lowest BCUT2D eigenvalue weighted by atomic mass is 9.92. The fourth-order valence-corrected chi connectivity index (χ4v) is 2.63. The van der Waals surface area contributed by atoms with Crippen LogP contribution in [0.15, 0.2) is 0 Å². The third kappa shape index (κ3) is 3.44. The van der Waals surface area contributed by atoms with Gasteiger partial charge in [-0.25, -0.2) is 0 Å². The van der Waals surface area contributed by atoms with Gasteiger partial charge in [0.1, 0.15) is 0 Å². The Morgan fingerprint density at radius 1 is 1.27 bits per heavy atom. The van der Waals surface area contributed by atoms with Gasteiger partial charge in [0.2, 0.25) is 0 Å². The summed E-state index contributed by atoms with van der Waals surface area (Å²) in [5.74, 6) is 0.821. The Morgan fingerprint density at radius 3 is 2.67 bits per heavy atom. The molecule has 0 radical (unpaired) electrons. The highest BCUT2D eigenvalue weighted by Crippen LogP contribution is 2.24. The molecule has 0 amide bonds. The largest absolute Gasteiger partial charge is 0.395 e. The lowest BCUT2D eigenvalue weighted by Crippen LogP contribution is -2.50. The van der Waals surface area contributed by atoms with E-state index in [-0.39, 0.29) is 0 Å². The molecule has 2 fully saturated rings. The smallest absolute Gasteiger partial charge is 0.0558 e. The molecule has 0 aromatic heterocycles. The van der Waals surface area contributed by atoms with Crippen LogP contribution in [0, 0.1) is 5.92 Å². The summed E-state index contributed by atoms with van der Waals surface area (Å²) in [5, 5.41) is 12.7. The molecule has 2 rings (SSSR count). The van der Waals surface area contributed by atoms with Crippen molar-refractivity contribution in [2.24, 2.45) is 5.92 Å². The minimum atomic E-state index is 0.298. The SMILES string of the molecule is CCC1CC(NC2CC2)CN(CCO)C1. The van der Waals surface area contributed by atoms with Crippen molar-refractivity contribution in [1.29, 1.82) is 0 Å². The minimum absolute atomic E-state index is 0.298. The van der Waals surface area contributed by atoms with Crippen LogP contribution in [0.2, 0.25) is 0 Å². The first-order valence-electron chi connectivity index (χ1n) is 6.41. The van der Waals surface area contributed by atoms with Crippen LogP contribution in [0.4, 0.5) is 0 Å². The average molecular weight is 212 g/mol. The van der Waals surface area contributed by atoms with Crippen LogP contribution >= 0.6 is 0 Å². The standard InChI is InChI=1S/C12H24N2O/c1-2-10-7-12(13-11-3-4-11)9-14(8-10)5-6-15/h10-13,15H,2-9H2,1H3. The van der Waals surface area contributed by atoms with Crippen molar-refractivity contribution in [1.82, 2.24) is 10.2 Å². The molecule has 0 aromatic rings. The maximum atomic E-state index is 9.00. The van der Waals surface area contributed by atoms with Gasteiger partial charge in [0.25, 0.3) is 0 Å². The highest BCUT2D eigenvalue weighted by atomic mass is 16.3. The number of aliphatic hydroxyl groups is 1. The summed E-state index contributed by atoms with van der Waals surface area (Å²) in [7, 11) is 0. The van der Waals surface area contributed by atoms with Crippen LogP contribution in [0.5, 0.6) is 0 Å². The maximum Gasteiger partial charge on any atom is 0.0558 e. The molecule has 1 saturated carbocycles. The molecule has 2 N–H and O–H groups in total. The maximum absolute atomic E-state index is 9.00. The van der Waals surface area contributed by atoms with Gasteiger partial charge in [0, 0.05) is 31.7 Å². The van der Waals surface area contributed by atoms with Gasteiger partial charge in [-0.1, -0.05) is 13.3 Å². The van der Waals surface area contributed by atoms with Crippen molar-refractivity contribution in [3.8, 4) is 0 Å². The number of nitrogens with one attached hydrogen (secondary N) is 1. The molecule has 2 aliphatic rings. The summed E-state index contributed by atoms with van der Waals surface area (Å²) >= 11 is 0. The summed E-state index contributed by atoms with van der Waals surface area (Å²) in [6.45, 7) is 5.74. The zero-order valence-corrected chi connectivity index (χ0v) is 9.78. The van der Waals surface area contributed by atoms with Gasteiger partial charge < -0.3 is 10.4 Å². The molecule has 0 aromatic carbocycles. The summed E-state index contributed by atoms with van der Waals surface area (Å²) in [6, 6.07) is 1.48. The van der Waals surface area contributed by atoms with E-state index >= 15 is 0 Å². The molecule has 1 aliphatic carbocycles. The molecular formula is C12H24N2O. The third-order valence-corrected chi connectivity index (χ3v) is 3.66. The average Bonchev–Trinajstić information content (AvgIpc) is 3.02. The summed E-state index contributed by atoms with van der Waals surface area (Å²) < 4.78 is 0. The minimum Gasteiger partial charge on any atom is -0.395 e. The highest BCUT2D eigenvalue weighted by molar-refractivity contribution is 4.90. The Hall–Kier alpha value is -0.120. The van der Waals surface area contributed by atoms with Crippen LogP contribution in [0.1, 0.15) is 32.6 Å². The molecule has 0 bridgehead atoms. The van der Waals surface area contributed by atoms with Crippen molar-refractivity contribution in [3.63, 3.8) is 0 Å². The van der Waals surface area contributed by atoms with Crippen LogP contribution in [0.3, 0.4) is 0 Å².